The van der Waals surface area contributed by atoms with E-state index in [1.165, 1.54) is 12.5 Å². The molecule has 304 valence electrons. The van der Waals surface area contributed by atoms with E-state index in [0.717, 1.165) is 23.6 Å². The summed E-state index contributed by atoms with van der Waals surface area (Å²) < 4.78 is 11.1. The van der Waals surface area contributed by atoms with Gasteiger partial charge in [-0.15, -0.1) is 11.8 Å². The lowest BCUT2D eigenvalue weighted by Crippen LogP contribution is -2.46. The second kappa shape index (κ2) is 22.7. The molecule has 1 saturated heterocycles. The van der Waals surface area contributed by atoms with E-state index in [9.17, 15) is 29.1 Å². The maximum Gasteiger partial charge on any atom is 0.329 e. The van der Waals surface area contributed by atoms with Gasteiger partial charge in [-0.2, -0.15) is 0 Å². The molecule has 1 aromatic rings. The first-order valence-corrected chi connectivity index (χ1v) is 20.2. The zero-order valence-corrected chi connectivity index (χ0v) is 34.6. The summed E-state index contributed by atoms with van der Waals surface area (Å²) in [5.74, 6) is -0.275. The van der Waals surface area contributed by atoms with Gasteiger partial charge in [0.2, 0.25) is 23.6 Å². The number of benzene rings is 1. The summed E-state index contributed by atoms with van der Waals surface area (Å²) in [6.07, 6.45) is 3.68. The molecule has 4 unspecified atom stereocenters. The summed E-state index contributed by atoms with van der Waals surface area (Å²) in [4.78, 5) is 66.9. The minimum atomic E-state index is -0.813. The maximum atomic E-state index is 13.1. The molecule has 7 atom stereocenters. The molecule has 0 saturated carbocycles. The number of likely N-dealkylation sites (tertiary alicyclic amines) is 1. The smallest absolute Gasteiger partial charge is 0.329 e. The number of thioether (sulfide) groups is 1. The summed E-state index contributed by atoms with van der Waals surface area (Å²) in [7, 11) is 1.68. The number of esters is 1. The number of rotatable bonds is 18. The van der Waals surface area contributed by atoms with Crippen LogP contribution >= 0.6 is 11.8 Å². The molecular weight excluding hydrogens is 711 g/mol. The third kappa shape index (κ3) is 15.6. The third-order valence-electron chi connectivity index (χ3n) is 9.85. The molecule has 1 aromatic carbocycles. The van der Waals surface area contributed by atoms with Gasteiger partial charge in [0.05, 0.1) is 30.8 Å². The van der Waals surface area contributed by atoms with E-state index >= 15 is 0 Å². The van der Waals surface area contributed by atoms with Gasteiger partial charge in [0.15, 0.2) is 0 Å². The average molecular weight is 776 g/mol. The second-order valence-electron chi connectivity index (χ2n) is 15.5. The largest absolute Gasteiger partial charge is 0.497 e. The third-order valence-corrected chi connectivity index (χ3v) is 11.2. The van der Waals surface area contributed by atoms with Crippen LogP contribution in [0.4, 0.5) is 0 Å². The van der Waals surface area contributed by atoms with Crippen molar-refractivity contribution >= 4 is 46.4 Å². The number of aliphatic imine (C=N–C) groups is 1. The number of amides is 4. The number of hydrogen-bond acceptors (Lipinski definition) is 10. The van der Waals surface area contributed by atoms with E-state index in [-0.39, 0.29) is 60.1 Å². The number of aliphatic hydroxyl groups excluding tert-OH is 1. The normalized spacial score (nSPS) is 19.6. The highest BCUT2D eigenvalue weighted by atomic mass is 32.2. The predicted octanol–water partition coefficient (Wildman–Crippen LogP) is 4.42. The Morgan fingerprint density at radius 3 is 2.30 bits per heavy atom. The molecule has 14 heteroatoms. The molecule has 0 aliphatic carbocycles. The van der Waals surface area contributed by atoms with Crippen molar-refractivity contribution in [1.82, 2.24) is 15.5 Å². The Morgan fingerprint density at radius 2 is 1.72 bits per heavy atom. The van der Waals surface area contributed by atoms with Crippen LogP contribution < -0.4 is 21.1 Å². The van der Waals surface area contributed by atoms with E-state index in [0.29, 0.717) is 44.4 Å². The van der Waals surface area contributed by atoms with Crippen LogP contribution in [-0.4, -0.2) is 101 Å². The van der Waals surface area contributed by atoms with Gasteiger partial charge >= 0.3 is 5.97 Å². The summed E-state index contributed by atoms with van der Waals surface area (Å²) in [5, 5.41) is 16.9. The Labute approximate surface area is 326 Å². The summed E-state index contributed by atoms with van der Waals surface area (Å²) in [6, 6.07) is 6.74. The van der Waals surface area contributed by atoms with E-state index in [4.69, 9.17) is 20.2 Å². The molecule has 2 aliphatic rings. The minimum absolute atomic E-state index is 0.0297. The van der Waals surface area contributed by atoms with Crippen molar-refractivity contribution in [3.05, 3.63) is 29.8 Å². The highest BCUT2D eigenvalue weighted by Crippen LogP contribution is 2.33. The Morgan fingerprint density at radius 1 is 1.06 bits per heavy atom. The fourth-order valence-electron chi connectivity index (χ4n) is 6.18. The Kier molecular flexibility index (Phi) is 19.5. The molecule has 4 amide bonds. The number of nitrogens with two attached hydrogens (primary N) is 1. The highest BCUT2D eigenvalue weighted by molar-refractivity contribution is 8.14. The number of nitrogens with zero attached hydrogens (tertiary/aromatic N) is 2. The van der Waals surface area contributed by atoms with Crippen LogP contribution in [0.2, 0.25) is 0 Å². The molecule has 0 spiro atoms. The first-order valence-electron chi connectivity index (χ1n) is 19.3. The fourth-order valence-corrected chi connectivity index (χ4v) is 7.42. The second-order valence-corrected chi connectivity index (χ2v) is 16.5. The molecule has 54 heavy (non-hydrogen) atoms. The number of aryl methyl sites for hydroxylation is 1. The van der Waals surface area contributed by atoms with E-state index in [1.807, 2.05) is 46.8 Å². The molecule has 5 N–H and O–H groups in total. The Hall–Kier alpha value is -3.65. The van der Waals surface area contributed by atoms with E-state index in [1.54, 1.807) is 30.7 Å². The monoisotopic (exact) mass is 775 g/mol. The Balaban J connectivity index is 0.000000867. The number of hydrogen-bond donors (Lipinski definition) is 4. The first-order chi connectivity index (χ1) is 25.4. The molecule has 2 aliphatic heterocycles. The fraction of sp³-hybridized carbons (Fsp3) is 0.700. The zero-order valence-electron chi connectivity index (χ0n) is 33.8. The van der Waals surface area contributed by atoms with Crippen LogP contribution in [0.1, 0.15) is 106 Å². The standard InChI is InChI=1S/C31H53N5O7S.C9H12O/c1-8-27(40)36-13-9-10-22(36)30(42)43-24(31(5,6)7)15-18(2)14-23(37)19(3)29-35-21(17-44-29)11-12-25(38)33-16-26(39)34-20(4)28(32)41;1-3-8-4-6-9(10-2)7-5-8/h18-24,37H,8-17H2,1-7H3,(H2,32,41)(H,33,38)(H,34,39);4-7H,3H2,1-2H3/t18-,19?,20-,21?,22-,23?,24?;/m0./s1. The number of carbonyl (C=O) groups is 5. The molecule has 0 aromatic heterocycles. The number of carbonyl (C=O) groups excluding carboxylic acids is 5. The van der Waals surface area contributed by atoms with Gasteiger partial charge in [-0.25, -0.2) is 4.79 Å². The SMILES string of the molecule is CCC(=O)N1CCC[C@H]1C(=O)OC(C[C@@H](C)CC(O)C(C)C1=NC(CCC(=O)NCC(=O)N[C@@H](C)C(N)=O)CS1)C(C)(C)C.CCc1ccc(OC)cc1. The van der Waals surface area contributed by atoms with Gasteiger partial charge in [0.25, 0.3) is 0 Å². The quantitative estimate of drug-likeness (QED) is 0.157. The number of nitrogens with one attached hydrogen (secondary N) is 2. The van der Waals surface area contributed by atoms with Gasteiger partial charge in [0.1, 0.15) is 23.9 Å². The van der Waals surface area contributed by atoms with Crippen molar-refractivity contribution in [1.29, 1.82) is 0 Å². The zero-order chi connectivity index (χ0) is 40.6. The van der Waals surface area contributed by atoms with Gasteiger partial charge in [0, 0.05) is 31.1 Å². The van der Waals surface area contributed by atoms with Crippen LogP contribution in [0, 0.1) is 17.3 Å². The van der Waals surface area contributed by atoms with Crippen molar-refractivity contribution in [2.24, 2.45) is 28.0 Å². The van der Waals surface area contributed by atoms with Crippen LogP contribution in [0.3, 0.4) is 0 Å². The lowest BCUT2D eigenvalue weighted by molar-refractivity contribution is -0.164. The molecule has 0 radical (unpaired) electrons. The molecule has 2 heterocycles. The van der Waals surface area contributed by atoms with Crippen molar-refractivity contribution < 1.29 is 38.6 Å². The molecule has 0 bridgehead atoms. The number of methoxy groups -OCH3 is 1. The van der Waals surface area contributed by atoms with Crippen LogP contribution in [-0.2, 0) is 35.1 Å². The van der Waals surface area contributed by atoms with Crippen molar-refractivity contribution in [3.8, 4) is 5.75 Å². The number of primary amides is 1. The first kappa shape index (κ1) is 46.5. The van der Waals surface area contributed by atoms with E-state index in [2.05, 4.69) is 29.7 Å². The topological polar surface area (TPSA) is 190 Å². The van der Waals surface area contributed by atoms with E-state index < -0.39 is 30.0 Å². The predicted molar refractivity (Wildman–Crippen MR) is 213 cm³/mol. The van der Waals surface area contributed by atoms with Crippen molar-refractivity contribution in [2.45, 2.75) is 137 Å². The number of ether oxygens (including phenoxy) is 2. The summed E-state index contributed by atoms with van der Waals surface area (Å²) >= 11 is 1.59. The van der Waals surface area contributed by atoms with Crippen LogP contribution in [0.5, 0.6) is 5.75 Å². The average Bonchev–Trinajstić information content (AvgIpc) is 3.83. The van der Waals surface area contributed by atoms with Crippen molar-refractivity contribution in [3.63, 3.8) is 0 Å². The lowest BCUT2D eigenvalue weighted by Gasteiger charge is -2.35. The summed E-state index contributed by atoms with van der Waals surface area (Å²) in [6.45, 7) is 15.8. The molecular formula is C40H65N5O8S. The van der Waals surface area contributed by atoms with Gasteiger partial charge in [-0.05, 0) is 74.5 Å². The molecule has 13 nitrogen and oxygen atoms in total. The minimum Gasteiger partial charge on any atom is -0.497 e. The highest BCUT2D eigenvalue weighted by Gasteiger charge is 2.38. The van der Waals surface area contributed by atoms with Crippen LogP contribution in [0.25, 0.3) is 0 Å². The van der Waals surface area contributed by atoms with Gasteiger partial charge < -0.3 is 35.8 Å². The van der Waals surface area contributed by atoms with Gasteiger partial charge in [-0.1, -0.05) is 60.6 Å². The molecule has 3 rings (SSSR count). The van der Waals surface area contributed by atoms with Crippen LogP contribution in [0.15, 0.2) is 29.3 Å². The number of aliphatic hydroxyl groups is 1. The van der Waals surface area contributed by atoms with Gasteiger partial charge in [-0.3, -0.25) is 24.2 Å². The van der Waals surface area contributed by atoms with Crippen molar-refractivity contribution in [2.75, 3.05) is 26.0 Å². The summed E-state index contributed by atoms with van der Waals surface area (Å²) in [5.41, 5.74) is 6.16. The molecule has 1 fully saturated rings. The lowest BCUT2D eigenvalue weighted by atomic mass is 9.81. The Bertz CT molecular complexity index is 1390. The maximum absolute atomic E-state index is 13.1.